The highest BCUT2D eigenvalue weighted by Crippen LogP contribution is 2.48. The van der Waals surface area contributed by atoms with Crippen LogP contribution in [0.2, 0.25) is 54.4 Å². The summed E-state index contributed by atoms with van der Waals surface area (Å²) in [7, 11) is -11.6. The zero-order valence-electron chi connectivity index (χ0n) is 24.8. The molecule has 0 aromatic heterocycles. The van der Waals surface area contributed by atoms with Crippen LogP contribution in [0, 0.1) is 0 Å². The molecule has 0 unspecified atom stereocenters. The van der Waals surface area contributed by atoms with Gasteiger partial charge in [-0.1, -0.05) is 62.3 Å². The maximum absolute atomic E-state index is 11.9. The van der Waals surface area contributed by atoms with E-state index in [2.05, 4.69) is 102 Å². The smallest absolute Gasteiger partial charge is 0.414 e. The average molecular weight is 573 g/mol. The molecule has 0 aromatic carbocycles. The molecule has 0 amide bonds. The number of hydrogen-bond acceptors (Lipinski definition) is 6. The van der Waals surface area contributed by atoms with Gasteiger partial charge in [-0.05, 0) is 54.4 Å². The lowest BCUT2D eigenvalue weighted by Gasteiger charge is -2.44. The summed E-state index contributed by atoms with van der Waals surface area (Å²) < 4.78 is 43.3. The van der Waals surface area contributed by atoms with Gasteiger partial charge in [0.25, 0.3) is 0 Å². The Morgan fingerprint density at radius 3 is 1.43 bits per heavy atom. The van der Waals surface area contributed by atoms with Crippen molar-refractivity contribution in [1.29, 1.82) is 0 Å². The Balaban J connectivity index is 3.49. The predicted molar refractivity (Wildman–Crippen MR) is 149 cm³/mol. The van der Waals surface area contributed by atoms with Crippen molar-refractivity contribution in [3.63, 3.8) is 0 Å². The van der Waals surface area contributed by atoms with Crippen LogP contribution in [0.15, 0.2) is 0 Å². The molecule has 1 aliphatic heterocycles. The zero-order chi connectivity index (χ0) is 28.1. The summed E-state index contributed by atoms with van der Waals surface area (Å²) in [6.45, 7) is 32.4. The maximum Gasteiger partial charge on any atom is 0.472 e. The molecule has 1 rings (SSSR count). The second-order valence-electron chi connectivity index (χ2n) is 14.4. The topological polar surface area (TPSA) is 104 Å². The van der Waals surface area contributed by atoms with E-state index in [0.717, 1.165) is 0 Å². The van der Waals surface area contributed by atoms with Crippen LogP contribution >= 0.6 is 7.82 Å². The van der Waals surface area contributed by atoms with Crippen LogP contribution in [0.1, 0.15) is 62.3 Å². The number of ether oxygens (including phenoxy) is 1. The van der Waals surface area contributed by atoms with Crippen LogP contribution in [0.4, 0.5) is 0 Å². The molecule has 0 saturated carbocycles. The van der Waals surface area contributed by atoms with Gasteiger partial charge in [0.15, 0.2) is 31.2 Å². The normalized spacial score (nSPS) is 25.9. The molecule has 1 aliphatic rings. The van der Waals surface area contributed by atoms with E-state index in [1.54, 1.807) is 0 Å². The van der Waals surface area contributed by atoms with Gasteiger partial charge in [0.1, 0.15) is 18.3 Å². The van der Waals surface area contributed by atoms with Gasteiger partial charge in [-0.3, -0.25) is 4.52 Å². The molecule has 35 heavy (non-hydrogen) atoms. The van der Waals surface area contributed by atoms with E-state index in [-0.39, 0.29) is 21.7 Å². The van der Waals surface area contributed by atoms with Gasteiger partial charge in [0, 0.05) is 0 Å². The molecule has 1 fully saturated rings. The molecule has 2 N–H and O–H groups in total. The molecule has 0 aliphatic carbocycles. The van der Waals surface area contributed by atoms with Crippen LogP contribution in [-0.2, 0) is 27.1 Å². The largest absolute Gasteiger partial charge is 0.472 e. The Labute approximate surface area is 217 Å². The molecular formula is C23H53O8PSi3. The fraction of sp³-hybridized carbons (Fsp3) is 1.00. The second-order valence-corrected chi connectivity index (χ2v) is 29.9. The standard InChI is InChI=1S/C23H53O8PSi3/c1-21(2,3)33(10,11)27-16-17-18(30-34(12,13)22(4,5)6)19(20(28-17)29-32(24,25)26)31-35(14,15)23(7,8)9/h17-20H,16H2,1-15H3,(H2,24,25,26)/t17-,18-,19+,20+/m1/s1. The molecule has 0 aromatic rings. The third-order valence-corrected chi connectivity index (χ3v) is 22.3. The monoisotopic (exact) mass is 572 g/mol. The maximum atomic E-state index is 11.9. The Kier molecular flexibility index (Phi) is 10.2. The third kappa shape index (κ3) is 8.81. The van der Waals surface area contributed by atoms with Crippen molar-refractivity contribution >= 4 is 32.8 Å². The molecule has 8 nitrogen and oxygen atoms in total. The van der Waals surface area contributed by atoms with Crippen LogP contribution in [-0.4, -0.2) is 65.9 Å². The molecule has 210 valence electrons. The highest BCUT2D eigenvalue weighted by Gasteiger charge is 2.56. The SMILES string of the molecule is CC(C)(C)[Si](C)(C)OC[C@H]1O[C@@H](OP(=O)(O)O)[C@@H](O[Si](C)(C)C(C)(C)C)[C@@H]1O[Si](C)(C)C(C)(C)C. The Morgan fingerprint density at radius 1 is 0.714 bits per heavy atom. The fourth-order valence-corrected chi connectivity index (χ4v) is 6.91. The quantitative estimate of drug-likeness (QED) is 0.235. The van der Waals surface area contributed by atoms with E-state index < -0.39 is 57.4 Å². The number of phosphoric acid groups is 1. The first-order valence-corrected chi connectivity index (χ1v) is 22.8. The number of rotatable bonds is 9. The van der Waals surface area contributed by atoms with Gasteiger partial charge in [-0.2, -0.15) is 0 Å². The van der Waals surface area contributed by atoms with E-state index in [1.807, 2.05) is 0 Å². The first-order chi connectivity index (χ1) is 15.1. The van der Waals surface area contributed by atoms with Crippen LogP contribution in [0.25, 0.3) is 0 Å². The molecule has 4 atom stereocenters. The van der Waals surface area contributed by atoms with Crippen molar-refractivity contribution in [1.82, 2.24) is 0 Å². The van der Waals surface area contributed by atoms with Gasteiger partial charge < -0.3 is 27.8 Å². The van der Waals surface area contributed by atoms with Gasteiger partial charge in [0.2, 0.25) is 0 Å². The minimum Gasteiger partial charge on any atom is -0.414 e. The summed E-state index contributed by atoms with van der Waals surface area (Å²) in [5.74, 6) is 0. The van der Waals surface area contributed by atoms with Crippen LogP contribution < -0.4 is 0 Å². The molecular weight excluding hydrogens is 519 g/mol. The van der Waals surface area contributed by atoms with Gasteiger partial charge >= 0.3 is 7.82 Å². The van der Waals surface area contributed by atoms with Crippen molar-refractivity contribution in [2.45, 2.75) is 141 Å². The Hall–Kier alpha value is 0.601. The fourth-order valence-electron chi connectivity index (χ4n) is 2.85. The molecule has 0 spiro atoms. The van der Waals surface area contributed by atoms with E-state index in [9.17, 15) is 14.4 Å². The lowest BCUT2D eigenvalue weighted by Crippen LogP contribution is -2.55. The van der Waals surface area contributed by atoms with Crippen molar-refractivity contribution in [3.05, 3.63) is 0 Å². The van der Waals surface area contributed by atoms with Gasteiger partial charge in [0.05, 0.1) is 6.61 Å². The first kappa shape index (κ1) is 33.6. The minimum atomic E-state index is -4.84. The van der Waals surface area contributed by atoms with E-state index in [0.29, 0.717) is 0 Å². The number of phosphoric ester groups is 1. The highest BCUT2D eigenvalue weighted by molar-refractivity contribution is 7.46. The lowest BCUT2D eigenvalue weighted by atomic mass is 10.1. The third-order valence-electron chi connectivity index (χ3n) is 8.40. The summed E-state index contributed by atoms with van der Waals surface area (Å²) in [6.07, 6.45) is -3.20. The lowest BCUT2D eigenvalue weighted by molar-refractivity contribution is -0.122. The van der Waals surface area contributed by atoms with Crippen molar-refractivity contribution in [2.75, 3.05) is 6.61 Å². The molecule has 0 bridgehead atoms. The van der Waals surface area contributed by atoms with Crippen molar-refractivity contribution < 1.29 is 36.9 Å². The molecule has 0 radical (unpaired) electrons. The minimum absolute atomic E-state index is 0.000230. The Morgan fingerprint density at radius 2 is 1.09 bits per heavy atom. The molecule has 1 saturated heterocycles. The van der Waals surface area contributed by atoms with Gasteiger partial charge in [-0.15, -0.1) is 0 Å². The summed E-state index contributed by atoms with van der Waals surface area (Å²) in [5, 5.41) is -0.210. The van der Waals surface area contributed by atoms with Crippen molar-refractivity contribution in [3.8, 4) is 0 Å². The van der Waals surface area contributed by atoms with E-state index in [1.165, 1.54) is 0 Å². The van der Waals surface area contributed by atoms with Crippen LogP contribution in [0.5, 0.6) is 0 Å². The zero-order valence-corrected chi connectivity index (χ0v) is 28.7. The average Bonchev–Trinajstić information content (AvgIpc) is 2.84. The van der Waals surface area contributed by atoms with Crippen LogP contribution in [0.3, 0.4) is 0 Å². The highest BCUT2D eigenvalue weighted by atomic mass is 31.2. The van der Waals surface area contributed by atoms with E-state index in [4.69, 9.17) is 22.5 Å². The molecule has 1 heterocycles. The van der Waals surface area contributed by atoms with E-state index >= 15 is 0 Å². The van der Waals surface area contributed by atoms with Crippen molar-refractivity contribution in [2.24, 2.45) is 0 Å². The molecule has 12 heteroatoms. The Bertz CT molecular complexity index is 762. The summed E-state index contributed by atoms with van der Waals surface area (Å²) >= 11 is 0. The predicted octanol–water partition coefficient (Wildman–Crippen LogP) is 6.62. The summed E-state index contributed by atoms with van der Waals surface area (Å²) in [5.41, 5.74) is 0. The second kappa shape index (κ2) is 10.6. The first-order valence-electron chi connectivity index (χ1n) is 12.5. The summed E-state index contributed by atoms with van der Waals surface area (Å²) in [6, 6.07) is 0. The number of hydrogen-bond donors (Lipinski definition) is 2. The van der Waals surface area contributed by atoms with Gasteiger partial charge in [-0.25, -0.2) is 4.57 Å². The summed E-state index contributed by atoms with van der Waals surface area (Å²) in [4.78, 5) is 19.3.